The van der Waals surface area contributed by atoms with E-state index >= 15 is 0 Å². The zero-order valence-electron chi connectivity index (χ0n) is 8.95. The molecule has 0 aromatic heterocycles. The number of hydroxylamine groups is 1. The van der Waals surface area contributed by atoms with Crippen molar-refractivity contribution in [3.05, 3.63) is 60.3 Å². The molecule has 17 heavy (non-hydrogen) atoms. The number of aromatic hydroxyl groups is 1. The van der Waals surface area contributed by atoms with Crippen LogP contribution in [-0.2, 0) is 4.79 Å². The molecule has 0 heterocycles. The maximum absolute atomic E-state index is 11.4. The van der Waals surface area contributed by atoms with E-state index in [1.54, 1.807) is 30.4 Å². The number of carbonyl (C=O) groups excluding carboxylic acids is 1. The molecule has 4 nitrogen and oxygen atoms in total. The average molecular weight is 229 g/mol. The topological polar surface area (TPSA) is 60.8 Å². The van der Waals surface area contributed by atoms with Crippen molar-refractivity contribution in [2.24, 2.45) is 0 Å². The van der Waals surface area contributed by atoms with Crippen molar-refractivity contribution in [3.63, 3.8) is 0 Å². The van der Waals surface area contributed by atoms with Gasteiger partial charge in [0.2, 0.25) is 0 Å². The summed E-state index contributed by atoms with van der Waals surface area (Å²) in [5, 5.41) is 19.7. The standard InChI is InChI=1S/C13H11NO3/c15-12-7-5-11(6-8-12)14(17)9-10-3-1-2-4-13(10)16/h1-9,15,17H/b10-9+. The van der Waals surface area contributed by atoms with Crippen LogP contribution in [0.3, 0.4) is 0 Å². The third kappa shape index (κ3) is 2.62. The molecule has 0 saturated heterocycles. The van der Waals surface area contributed by atoms with Crippen molar-refractivity contribution < 1.29 is 15.1 Å². The molecule has 1 aromatic carbocycles. The first-order chi connectivity index (χ1) is 8.16. The third-order valence-corrected chi connectivity index (χ3v) is 2.29. The molecule has 1 aliphatic carbocycles. The molecule has 2 rings (SSSR count). The number of ketones is 1. The Bertz CT molecular complexity index is 512. The normalized spacial score (nSPS) is 16.5. The summed E-state index contributed by atoms with van der Waals surface area (Å²) in [7, 11) is 0. The number of nitrogens with zero attached hydrogens (tertiary/aromatic N) is 1. The second-order valence-electron chi connectivity index (χ2n) is 3.53. The Balaban J connectivity index is 2.21. The number of benzene rings is 1. The van der Waals surface area contributed by atoms with E-state index in [1.165, 1.54) is 24.4 Å². The molecule has 1 aliphatic rings. The molecule has 0 saturated carbocycles. The molecule has 0 spiro atoms. The Kier molecular flexibility index (Phi) is 3.07. The molecular formula is C13H11NO3. The second-order valence-corrected chi connectivity index (χ2v) is 3.53. The van der Waals surface area contributed by atoms with Gasteiger partial charge in [-0.2, -0.15) is 0 Å². The molecule has 0 fully saturated rings. The van der Waals surface area contributed by atoms with Gasteiger partial charge in [0.1, 0.15) is 5.75 Å². The zero-order valence-corrected chi connectivity index (χ0v) is 8.95. The fraction of sp³-hybridized carbons (Fsp3) is 0. The fourth-order valence-corrected chi connectivity index (χ4v) is 1.40. The Labute approximate surface area is 98.4 Å². The molecule has 0 unspecified atom stereocenters. The van der Waals surface area contributed by atoms with Crippen molar-refractivity contribution in [3.8, 4) is 5.75 Å². The van der Waals surface area contributed by atoms with Crippen LogP contribution in [0, 0.1) is 0 Å². The van der Waals surface area contributed by atoms with E-state index in [4.69, 9.17) is 5.11 Å². The number of phenolic OH excluding ortho intramolecular Hbond substituents is 1. The molecule has 1 aromatic rings. The highest BCUT2D eigenvalue weighted by atomic mass is 16.5. The highest BCUT2D eigenvalue weighted by Crippen LogP contribution is 2.18. The Morgan fingerprint density at radius 1 is 1.06 bits per heavy atom. The Morgan fingerprint density at radius 3 is 2.35 bits per heavy atom. The summed E-state index contributed by atoms with van der Waals surface area (Å²) in [5.74, 6) is -0.0447. The summed E-state index contributed by atoms with van der Waals surface area (Å²) in [6.45, 7) is 0. The highest BCUT2D eigenvalue weighted by molar-refractivity contribution is 6.07. The first-order valence-electron chi connectivity index (χ1n) is 5.05. The second kappa shape index (κ2) is 4.67. The van der Waals surface area contributed by atoms with E-state index in [-0.39, 0.29) is 11.5 Å². The van der Waals surface area contributed by atoms with Crippen LogP contribution in [0.5, 0.6) is 5.75 Å². The molecular weight excluding hydrogens is 218 g/mol. The lowest BCUT2D eigenvalue weighted by Gasteiger charge is -2.13. The minimum Gasteiger partial charge on any atom is -0.508 e. The van der Waals surface area contributed by atoms with Gasteiger partial charge in [-0.05, 0) is 36.4 Å². The van der Waals surface area contributed by atoms with Gasteiger partial charge in [0, 0.05) is 11.8 Å². The Morgan fingerprint density at radius 2 is 1.71 bits per heavy atom. The smallest absolute Gasteiger partial charge is 0.187 e. The van der Waals surface area contributed by atoms with Gasteiger partial charge in [0.15, 0.2) is 5.78 Å². The van der Waals surface area contributed by atoms with E-state index in [0.717, 1.165) is 5.06 Å². The minimum absolute atomic E-state index is 0.117. The minimum atomic E-state index is -0.162. The van der Waals surface area contributed by atoms with E-state index in [9.17, 15) is 10.0 Å². The SMILES string of the molecule is O=C1C=CC=C/C1=C\N(O)c1ccc(O)cc1. The number of anilines is 1. The molecule has 86 valence electrons. The summed E-state index contributed by atoms with van der Waals surface area (Å²) >= 11 is 0. The first-order valence-corrected chi connectivity index (χ1v) is 5.05. The molecule has 4 heteroatoms. The van der Waals surface area contributed by atoms with Gasteiger partial charge in [-0.15, -0.1) is 0 Å². The molecule has 0 atom stereocenters. The summed E-state index contributed by atoms with van der Waals surface area (Å²) in [6, 6.07) is 5.99. The number of hydrogen-bond donors (Lipinski definition) is 2. The zero-order chi connectivity index (χ0) is 12.3. The van der Waals surface area contributed by atoms with Crippen LogP contribution >= 0.6 is 0 Å². The van der Waals surface area contributed by atoms with Crippen LogP contribution in [0.2, 0.25) is 0 Å². The van der Waals surface area contributed by atoms with Crippen molar-refractivity contribution in [2.45, 2.75) is 0 Å². The van der Waals surface area contributed by atoms with Crippen molar-refractivity contribution in [2.75, 3.05) is 5.06 Å². The number of rotatable bonds is 2. The quantitative estimate of drug-likeness (QED) is 0.602. The monoisotopic (exact) mass is 229 g/mol. The molecule has 0 aliphatic heterocycles. The largest absolute Gasteiger partial charge is 0.508 e. The fourth-order valence-electron chi connectivity index (χ4n) is 1.40. The lowest BCUT2D eigenvalue weighted by atomic mass is 10.1. The van der Waals surface area contributed by atoms with Crippen LogP contribution in [-0.4, -0.2) is 16.1 Å². The molecule has 2 N–H and O–H groups in total. The molecule has 0 bridgehead atoms. The van der Waals surface area contributed by atoms with Gasteiger partial charge in [0.25, 0.3) is 0 Å². The van der Waals surface area contributed by atoms with E-state index in [0.29, 0.717) is 11.3 Å². The maximum Gasteiger partial charge on any atom is 0.187 e. The van der Waals surface area contributed by atoms with E-state index in [2.05, 4.69) is 0 Å². The summed E-state index contributed by atoms with van der Waals surface area (Å²) < 4.78 is 0. The van der Waals surface area contributed by atoms with Gasteiger partial charge in [-0.3, -0.25) is 10.0 Å². The predicted molar refractivity (Wildman–Crippen MR) is 63.7 cm³/mol. The highest BCUT2D eigenvalue weighted by Gasteiger charge is 2.08. The molecule has 0 radical (unpaired) electrons. The van der Waals surface area contributed by atoms with Crippen LogP contribution < -0.4 is 5.06 Å². The third-order valence-electron chi connectivity index (χ3n) is 2.29. The number of hydrogen-bond acceptors (Lipinski definition) is 4. The lowest BCUT2D eigenvalue weighted by molar-refractivity contribution is -0.111. The van der Waals surface area contributed by atoms with Crippen LogP contribution in [0.15, 0.2) is 60.3 Å². The summed E-state index contributed by atoms with van der Waals surface area (Å²) in [5.41, 5.74) is 0.856. The average Bonchev–Trinajstić information content (AvgIpc) is 2.33. The first kappa shape index (κ1) is 11.2. The van der Waals surface area contributed by atoms with Crippen molar-refractivity contribution >= 4 is 11.5 Å². The van der Waals surface area contributed by atoms with Crippen molar-refractivity contribution in [1.29, 1.82) is 0 Å². The van der Waals surface area contributed by atoms with Crippen molar-refractivity contribution in [1.82, 2.24) is 0 Å². The van der Waals surface area contributed by atoms with Gasteiger partial charge in [-0.1, -0.05) is 12.2 Å². The number of allylic oxidation sites excluding steroid dienone is 5. The lowest BCUT2D eigenvalue weighted by Crippen LogP contribution is -2.12. The molecule has 0 amide bonds. The number of phenols is 1. The Hall–Kier alpha value is -2.33. The van der Waals surface area contributed by atoms with E-state index < -0.39 is 0 Å². The van der Waals surface area contributed by atoms with Crippen LogP contribution in [0.25, 0.3) is 0 Å². The maximum atomic E-state index is 11.4. The van der Waals surface area contributed by atoms with Gasteiger partial charge < -0.3 is 5.11 Å². The van der Waals surface area contributed by atoms with Gasteiger partial charge in [0.05, 0.1) is 5.69 Å². The predicted octanol–water partition coefficient (Wildman–Crippen LogP) is 2.17. The van der Waals surface area contributed by atoms with E-state index in [1.807, 2.05) is 0 Å². The number of carbonyl (C=O) groups is 1. The van der Waals surface area contributed by atoms with Crippen LogP contribution in [0.4, 0.5) is 5.69 Å². The van der Waals surface area contributed by atoms with Gasteiger partial charge >= 0.3 is 0 Å². The summed E-state index contributed by atoms with van der Waals surface area (Å²) in [4.78, 5) is 11.4. The van der Waals surface area contributed by atoms with Gasteiger partial charge in [-0.25, -0.2) is 5.06 Å². The van der Waals surface area contributed by atoms with Crippen LogP contribution in [0.1, 0.15) is 0 Å². The summed E-state index contributed by atoms with van der Waals surface area (Å²) in [6.07, 6.45) is 7.73.